The van der Waals surface area contributed by atoms with Crippen LogP contribution in [0.3, 0.4) is 0 Å². The third kappa shape index (κ3) is 6.07. The Kier molecular flexibility index (Phi) is 6.80. The maximum atomic E-state index is 11.7. The lowest BCUT2D eigenvalue weighted by Gasteiger charge is -2.15. The number of benzene rings is 3. The number of ether oxygens (including phenoxy) is 1. The van der Waals surface area contributed by atoms with Crippen LogP contribution in [0.5, 0.6) is 11.5 Å². The molecule has 1 aromatic heterocycles. The number of nitrogens with zero attached hydrogens (tertiary/aromatic N) is 2. The number of hydrogen-bond acceptors (Lipinski definition) is 6. The lowest BCUT2D eigenvalue weighted by Crippen LogP contribution is -2.31. The number of anilines is 1. The van der Waals surface area contributed by atoms with Crippen LogP contribution >= 0.6 is 0 Å². The van der Waals surface area contributed by atoms with Crippen molar-refractivity contribution in [2.24, 2.45) is 0 Å². The highest BCUT2D eigenvalue weighted by molar-refractivity contribution is 5.77. The van der Waals surface area contributed by atoms with Gasteiger partial charge in [-0.3, -0.25) is 0 Å². The maximum Gasteiger partial charge on any atom is 0.326 e. The molecular formula is C26H23N3O4. The monoisotopic (exact) mass is 441 g/mol. The molecule has 0 spiro atoms. The van der Waals surface area contributed by atoms with E-state index in [1.54, 1.807) is 24.3 Å². The number of aromatic nitrogens is 2. The summed E-state index contributed by atoms with van der Waals surface area (Å²) in [7, 11) is 0. The van der Waals surface area contributed by atoms with Gasteiger partial charge < -0.3 is 20.3 Å². The van der Waals surface area contributed by atoms with Crippen LogP contribution in [-0.4, -0.2) is 32.2 Å². The lowest BCUT2D eigenvalue weighted by atomic mass is 10.1. The summed E-state index contributed by atoms with van der Waals surface area (Å²) in [5.41, 5.74) is 3.30. The number of carbonyl (C=O) groups is 1. The van der Waals surface area contributed by atoms with Crippen LogP contribution in [0.15, 0.2) is 91.3 Å². The van der Waals surface area contributed by atoms with Gasteiger partial charge in [0.1, 0.15) is 36.3 Å². The fourth-order valence-corrected chi connectivity index (χ4v) is 3.36. The van der Waals surface area contributed by atoms with Gasteiger partial charge in [0.2, 0.25) is 0 Å². The second-order valence-electron chi connectivity index (χ2n) is 7.50. The summed E-state index contributed by atoms with van der Waals surface area (Å²) in [5, 5.41) is 22.2. The normalized spacial score (nSPS) is 11.5. The number of carboxylic acids is 1. The van der Waals surface area contributed by atoms with Crippen molar-refractivity contribution in [1.29, 1.82) is 0 Å². The summed E-state index contributed by atoms with van der Waals surface area (Å²) in [4.78, 5) is 20.2. The first-order chi connectivity index (χ1) is 16.1. The van der Waals surface area contributed by atoms with Gasteiger partial charge in [0.25, 0.3) is 0 Å². The first-order valence-corrected chi connectivity index (χ1v) is 10.4. The van der Waals surface area contributed by atoms with Crippen LogP contribution in [0.2, 0.25) is 0 Å². The molecule has 0 aliphatic heterocycles. The van der Waals surface area contributed by atoms with Crippen molar-refractivity contribution in [1.82, 2.24) is 9.97 Å². The summed E-state index contributed by atoms with van der Waals surface area (Å²) < 4.78 is 5.78. The van der Waals surface area contributed by atoms with Crippen LogP contribution < -0.4 is 10.1 Å². The minimum Gasteiger partial charge on any atom is -0.508 e. The number of rotatable bonds is 9. The third-order valence-electron chi connectivity index (χ3n) is 5.04. The van der Waals surface area contributed by atoms with Crippen LogP contribution in [0.25, 0.3) is 11.3 Å². The van der Waals surface area contributed by atoms with Gasteiger partial charge in [0.15, 0.2) is 0 Å². The molecule has 33 heavy (non-hydrogen) atoms. The SMILES string of the molecule is O=C(O)C(Cc1ccccc1)Nc1cc(-c2ccc(OCc3cccc(O)c3)cc2)ncn1. The summed E-state index contributed by atoms with van der Waals surface area (Å²) in [6.45, 7) is 0.341. The summed E-state index contributed by atoms with van der Waals surface area (Å²) in [6.07, 6.45) is 1.74. The minimum absolute atomic E-state index is 0.202. The third-order valence-corrected chi connectivity index (χ3v) is 5.04. The molecule has 1 heterocycles. The topological polar surface area (TPSA) is 105 Å². The lowest BCUT2D eigenvalue weighted by molar-refractivity contribution is -0.137. The van der Waals surface area contributed by atoms with Crippen molar-refractivity contribution in [3.63, 3.8) is 0 Å². The van der Waals surface area contributed by atoms with Crippen LogP contribution in [-0.2, 0) is 17.8 Å². The van der Waals surface area contributed by atoms with E-state index in [1.807, 2.05) is 60.7 Å². The number of phenolic OH excluding ortho intramolecular Hbond substituents is 1. The first kappa shape index (κ1) is 21.8. The molecule has 0 radical (unpaired) electrons. The number of phenols is 1. The smallest absolute Gasteiger partial charge is 0.326 e. The zero-order chi connectivity index (χ0) is 23.0. The van der Waals surface area contributed by atoms with Crippen LogP contribution in [0.4, 0.5) is 5.82 Å². The van der Waals surface area contributed by atoms with Crippen molar-refractivity contribution in [3.05, 3.63) is 102 Å². The number of hydrogen-bond donors (Lipinski definition) is 3. The molecule has 4 aromatic rings. The number of aromatic hydroxyl groups is 1. The van der Waals surface area contributed by atoms with Gasteiger partial charge in [-0.15, -0.1) is 0 Å². The number of aliphatic carboxylic acids is 1. The van der Waals surface area contributed by atoms with E-state index < -0.39 is 12.0 Å². The van der Waals surface area contributed by atoms with E-state index in [4.69, 9.17) is 4.74 Å². The van der Waals surface area contributed by atoms with Crippen LogP contribution in [0, 0.1) is 0 Å². The van der Waals surface area contributed by atoms with E-state index in [9.17, 15) is 15.0 Å². The highest BCUT2D eigenvalue weighted by atomic mass is 16.5. The van der Waals surface area contributed by atoms with E-state index in [1.165, 1.54) is 6.33 Å². The molecule has 166 valence electrons. The van der Waals surface area contributed by atoms with Crippen molar-refractivity contribution < 1.29 is 19.7 Å². The number of nitrogens with one attached hydrogen (secondary N) is 1. The average molecular weight is 441 g/mol. The van der Waals surface area contributed by atoms with Gasteiger partial charge >= 0.3 is 5.97 Å². The largest absolute Gasteiger partial charge is 0.508 e. The highest BCUT2D eigenvalue weighted by Crippen LogP contribution is 2.23. The van der Waals surface area contributed by atoms with Crippen molar-refractivity contribution in [2.45, 2.75) is 19.1 Å². The molecule has 7 nitrogen and oxygen atoms in total. The molecule has 0 saturated heterocycles. The molecule has 1 unspecified atom stereocenters. The van der Waals surface area contributed by atoms with E-state index in [0.29, 0.717) is 30.3 Å². The molecule has 3 aromatic carbocycles. The maximum absolute atomic E-state index is 11.7. The van der Waals surface area contributed by atoms with Gasteiger partial charge in [0, 0.05) is 18.1 Å². The predicted molar refractivity (Wildman–Crippen MR) is 125 cm³/mol. The minimum atomic E-state index is -0.952. The summed E-state index contributed by atoms with van der Waals surface area (Å²) >= 11 is 0. The Bertz CT molecular complexity index is 1210. The Morgan fingerprint density at radius 3 is 2.39 bits per heavy atom. The molecular weight excluding hydrogens is 418 g/mol. The predicted octanol–water partition coefficient (Wildman–Crippen LogP) is 4.54. The summed E-state index contributed by atoms with van der Waals surface area (Å²) in [6, 6.07) is 24.7. The van der Waals surface area contributed by atoms with E-state index >= 15 is 0 Å². The van der Waals surface area contributed by atoms with E-state index in [2.05, 4.69) is 15.3 Å². The molecule has 0 fully saturated rings. The molecule has 4 rings (SSSR count). The molecule has 0 bridgehead atoms. The second kappa shape index (κ2) is 10.3. The second-order valence-corrected chi connectivity index (χ2v) is 7.50. The van der Waals surface area contributed by atoms with Gasteiger partial charge in [-0.05, 0) is 47.5 Å². The Morgan fingerprint density at radius 2 is 1.67 bits per heavy atom. The molecule has 1 atom stereocenters. The Morgan fingerprint density at radius 1 is 0.909 bits per heavy atom. The standard InChI is InChI=1S/C26H23N3O4/c30-21-8-4-7-19(13-21)16-33-22-11-9-20(10-12-22)23-15-25(28-17-27-23)29-24(26(31)32)14-18-5-2-1-3-6-18/h1-13,15,17,24,30H,14,16H2,(H,31,32)(H,27,28,29). The summed E-state index contributed by atoms with van der Waals surface area (Å²) in [5.74, 6) is 0.372. The Balaban J connectivity index is 1.42. The van der Waals surface area contributed by atoms with Gasteiger partial charge in [-0.25, -0.2) is 14.8 Å². The highest BCUT2D eigenvalue weighted by Gasteiger charge is 2.18. The fraction of sp³-hybridized carbons (Fsp3) is 0.115. The van der Waals surface area contributed by atoms with Crippen LogP contribution in [0.1, 0.15) is 11.1 Å². The molecule has 3 N–H and O–H groups in total. The van der Waals surface area contributed by atoms with Crippen molar-refractivity contribution in [3.8, 4) is 22.8 Å². The van der Waals surface area contributed by atoms with Crippen molar-refractivity contribution >= 4 is 11.8 Å². The fourth-order valence-electron chi connectivity index (χ4n) is 3.36. The number of carboxylic acid groups (broad SMARTS) is 1. The Hall–Kier alpha value is -4.39. The molecule has 0 aliphatic carbocycles. The molecule has 0 aliphatic rings. The van der Waals surface area contributed by atoms with E-state index in [-0.39, 0.29) is 5.75 Å². The van der Waals surface area contributed by atoms with Gasteiger partial charge in [-0.1, -0.05) is 42.5 Å². The zero-order valence-electron chi connectivity index (χ0n) is 17.8. The van der Waals surface area contributed by atoms with Gasteiger partial charge in [0.05, 0.1) is 5.69 Å². The molecule has 0 saturated carbocycles. The van der Waals surface area contributed by atoms with Crippen molar-refractivity contribution in [2.75, 3.05) is 5.32 Å². The molecule has 0 amide bonds. The Labute approximate surface area is 191 Å². The quantitative estimate of drug-likeness (QED) is 0.350. The van der Waals surface area contributed by atoms with Gasteiger partial charge in [-0.2, -0.15) is 0 Å². The average Bonchev–Trinajstić information content (AvgIpc) is 2.83. The van der Waals surface area contributed by atoms with E-state index in [0.717, 1.165) is 16.7 Å². The molecule has 7 heteroatoms. The zero-order valence-corrected chi connectivity index (χ0v) is 17.8. The first-order valence-electron chi connectivity index (χ1n) is 10.4.